The number of hydrogen-bond donors (Lipinski definition) is 3. The van der Waals surface area contributed by atoms with Gasteiger partial charge < -0.3 is 15.6 Å². The molecule has 0 aliphatic carbocycles. The van der Waals surface area contributed by atoms with E-state index in [-0.39, 0.29) is 30.7 Å². The molecular formula is C18H26Cl2N4O. The third-order valence-electron chi connectivity index (χ3n) is 4.61. The molecule has 1 unspecified atom stereocenters. The molecule has 7 heteroatoms. The molecule has 0 bridgehead atoms. The SMILES string of the molecule is CC(CC(=O)Nc1cccc(-c2ncc[nH]2)c1)C1CCNCC1.Cl.Cl. The number of nitrogens with zero attached hydrogens (tertiary/aromatic N) is 1. The number of aromatic nitrogens is 2. The number of carbonyl (C=O) groups excluding carboxylic acids is 1. The van der Waals surface area contributed by atoms with Gasteiger partial charge in [0.15, 0.2) is 0 Å². The average Bonchev–Trinajstić information content (AvgIpc) is 3.10. The van der Waals surface area contributed by atoms with E-state index in [1.54, 1.807) is 12.4 Å². The van der Waals surface area contributed by atoms with Gasteiger partial charge in [-0.3, -0.25) is 4.79 Å². The van der Waals surface area contributed by atoms with E-state index in [0.717, 1.165) is 30.2 Å². The van der Waals surface area contributed by atoms with Crippen LogP contribution < -0.4 is 10.6 Å². The number of benzene rings is 1. The van der Waals surface area contributed by atoms with Gasteiger partial charge in [-0.05, 0) is 49.9 Å². The Balaban J connectivity index is 0.00000156. The average molecular weight is 385 g/mol. The van der Waals surface area contributed by atoms with Crippen molar-refractivity contribution in [2.24, 2.45) is 11.8 Å². The molecule has 138 valence electrons. The maximum atomic E-state index is 12.3. The Kier molecular flexibility index (Phi) is 8.97. The van der Waals surface area contributed by atoms with Crippen LogP contribution in [0.4, 0.5) is 5.69 Å². The summed E-state index contributed by atoms with van der Waals surface area (Å²) in [4.78, 5) is 19.6. The molecule has 0 spiro atoms. The second kappa shape index (κ2) is 10.4. The first kappa shape index (κ1) is 21.5. The topological polar surface area (TPSA) is 69.8 Å². The van der Waals surface area contributed by atoms with E-state index < -0.39 is 0 Å². The minimum Gasteiger partial charge on any atom is -0.345 e. The standard InChI is InChI=1S/C18H24N4O.2ClH/c1-13(14-5-7-19-8-6-14)11-17(23)22-16-4-2-3-15(12-16)18-20-9-10-21-18;;/h2-4,9-10,12-14,19H,5-8,11H2,1H3,(H,20,21)(H,22,23);2*1H. The number of anilines is 1. The molecule has 2 aromatic rings. The van der Waals surface area contributed by atoms with E-state index in [4.69, 9.17) is 0 Å². The third-order valence-corrected chi connectivity index (χ3v) is 4.61. The van der Waals surface area contributed by atoms with E-state index in [9.17, 15) is 4.79 Å². The highest BCUT2D eigenvalue weighted by atomic mass is 35.5. The van der Waals surface area contributed by atoms with Gasteiger partial charge in [-0.2, -0.15) is 0 Å². The molecule has 3 N–H and O–H groups in total. The Morgan fingerprint density at radius 1 is 1.32 bits per heavy atom. The number of imidazole rings is 1. The van der Waals surface area contributed by atoms with E-state index in [1.165, 1.54) is 12.8 Å². The molecule has 1 atom stereocenters. The summed E-state index contributed by atoms with van der Waals surface area (Å²) >= 11 is 0. The first-order valence-corrected chi connectivity index (χ1v) is 8.33. The molecule has 3 rings (SSSR count). The van der Waals surface area contributed by atoms with Crippen LogP contribution in [0.2, 0.25) is 0 Å². The van der Waals surface area contributed by atoms with Gasteiger partial charge in [0.05, 0.1) is 0 Å². The quantitative estimate of drug-likeness (QED) is 0.732. The molecule has 0 radical (unpaired) electrons. The van der Waals surface area contributed by atoms with Crippen LogP contribution in [0.15, 0.2) is 36.7 Å². The summed E-state index contributed by atoms with van der Waals surface area (Å²) in [6.07, 6.45) is 6.43. The van der Waals surface area contributed by atoms with Crippen molar-refractivity contribution in [2.75, 3.05) is 18.4 Å². The van der Waals surface area contributed by atoms with Crippen molar-refractivity contribution in [3.8, 4) is 11.4 Å². The first-order valence-electron chi connectivity index (χ1n) is 8.33. The maximum absolute atomic E-state index is 12.3. The number of H-pyrrole nitrogens is 1. The zero-order valence-electron chi connectivity index (χ0n) is 14.3. The van der Waals surface area contributed by atoms with Crippen molar-refractivity contribution in [1.82, 2.24) is 15.3 Å². The molecule has 1 aliphatic rings. The molecule has 2 heterocycles. The normalized spacial score (nSPS) is 15.6. The summed E-state index contributed by atoms with van der Waals surface area (Å²) in [5.41, 5.74) is 1.79. The lowest BCUT2D eigenvalue weighted by Gasteiger charge is -2.27. The third kappa shape index (κ3) is 6.03. The number of hydrogen-bond acceptors (Lipinski definition) is 3. The Morgan fingerprint density at radius 2 is 2.08 bits per heavy atom. The number of piperidine rings is 1. The molecule has 25 heavy (non-hydrogen) atoms. The molecule has 1 aliphatic heterocycles. The van der Waals surface area contributed by atoms with Crippen molar-refractivity contribution in [2.45, 2.75) is 26.2 Å². The maximum Gasteiger partial charge on any atom is 0.224 e. The van der Waals surface area contributed by atoms with E-state index in [1.807, 2.05) is 24.3 Å². The highest BCUT2D eigenvalue weighted by Crippen LogP contribution is 2.25. The summed E-state index contributed by atoms with van der Waals surface area (Å²) in [6.45, 7) is 4.33. The Labute approximate surface area is 161 Å². The van der Waals surface area contributed by atoms with Crippen LogP contribution in [0.1, 0.15) is 26.2 Å². The summed E-state index contributed by atoms with van der Waals surface area (Å²) in [6, 6.07) is 7.78. The largest absolute Gasteiger partial charge is 0.345 e. The Bertz CT molecular complexity index is 642. The molecule has 1 saturated heterocycles. The van der Waals surface area contributed by atoms with Gasteiger partial charge in [-0.15, -0.1) is 24.8 Å². The van der Waals surface area contributed by atoms with Crippen LogP contribution in [-0.4, -0.2) is 29.0 Å². The highest BCUT2D eigenvalue weighted by Gasteiger charge is 2.22. The van der Waals surface area contributed by atoms with Crippen molar-refractivity contribution in [1.29, 1.82) is 0 Å². The highest BCUT2D eigenvalue weighted by molar-refractivity contribution is 5.91. The molecule has 0 saturated carbocycles. The van der Waals surface area contributed by atoms with Crippen LogP contribution in [0.3, 0.4) is 0 Å². The lowest BCUT2D eigenvalue weighted by Crippen LogP contribution is -2.32. The van der Waals surface area contributed by atoms with Crippen molar-refractivity contribution in [3.63, 3.8) is 0 Å². The fraction of sp³-hybridized carbons (Fsp3) is 0.444. The number of amides is 1. The summed E-state index contributed by atoms with van der Waals surface area (Å²) in [7, 11) is 0. The zero-order chi connectivity index (χ0) is 16.1. The predicted molar refractivity (Wildman–Crippen MR) is 107 cm³/mol. The van der Waals surface area contributed by atoms with Gasteiger partial charge >= 0.3 is 0 Å². The molecule has 1 aromatic heterocycles. The lowest BCUT2D eigenvalue weighted by molar-refractivity contribution is -0.117. The van der Waals surface area contributed by atoms with Crippen molar-refractivity contribution < 1.29 is 4.79 Å². The number of aromatic amines is 1. The van der Waals surface area contributed by atoms with Crippen LogP contribution in [0, 0.1) is 11.8 Å². The van der Waals surface area contributed by atoms with Gasteiger partial charge in [-0.1, -0.05) is 19.1 Å². The summed E-state index contributed by atoms with van der Waals surface area (Å²) in [5.74, 6) is 1.97. The first-order chi connectivity index (χ1) is 11.2. The van der Waals surface area contributed by atoms with Crippen LogP contribution in [0.5, 0.6) is 0 Å². The minimum atomic E-state index is 0. The van der Waals surface area contributed by atoms with E-state index in [2.05, 4.69) is 27.5 Å². The fourth-order valence-electron chi connectivity index (χ4n) is 3.25. The summed E-state index contributed by atoms with van der Waals surface area (Å²) in [5, 5.41) is 6.39. The van der Waals surface area contributed by atoms with Crippen LogP contribution in [-0.2, 0) is 4.79 Å². The van der Waals surface area contributed by atoms with Gasteiger partial charge in [0, 0.05) is 30.1 Å². The molecule has 1 amide bonds. The molecule has 1 aromatic carbocycles. The number of rotatable bonds is 5. The minimum absolute atomic E-state index is 0. The van der Waals surface area contributed by atoms with E-state index >= 15 is 0 Å². The fourth-order valence-corrected chi connectivity index (χ4v) is 3.25. The molecular weight excluding hydrogens is 359 g/mol. The molecule has 5 nitrogen and oxygen atoms in total. The van der Waals surface area contributed by atoms with Crippen molar-refractivity contribution in [3.05, 3.63) is 36.7 Å². The van der Waals surface area contributed by atoms with Gasteiger partial charge in [0.1, 0.15) is 5.82 Å². The van der Waals surface area contributed by atoms with E-state index in [0.29, 0.717) is 18.3 Å². The molecule has 1 fully saturated rings. The van der Waals surface area contributed by atoms with Gasteiger partial charge in [-0.25, -0.2) is 4.98 Å². The second-order valence-electron chi connectivity index (χ2n) is 6.34. The number of carbonyl (C=O) groups is 1. The Hall–Kier alpha value is -1.56. The predicted octanol–water partition coefficient (Wildman–Crippen LogP) is 3.88. The monoisotopic (exact) mass is 384 g/mol. The van der Waals surface area contributed by atoms with Crippen molar-refractivity contribution >= 4 is 36.4 Å². The van der Waals surface area contributed by atoms with Crippen LogP contribution >= 0.6 is 24.8 Å². The number of nitrogens with one attached hydrogen (secondary N) is 3. The Morgan fingerprint density at radius 3 is 2.76 bits per heavy atom. The lowest BCUT2D eigenvalue weighted by atomic mass is 9.84. The number of halogens is 2. The second-order valence-corrected chi connectivity index (χ2v) is 6.34. The van der Waals surface area contributed by atoms with Gasteiger partial charge in [0.25, 0.3) is 0 Å². The smallest absolute Gasteiger partial charge is 0.224 e. The van der Waals surface area contributed by atoms with Crippen LogP contribution in [0.25, 0.3) is 11.4 Å². The van der Waals surface area contributed by atoms with Gasteiger partial charge in [0.2, 0.25) is 5.91 Å². The summed E-state index contributed by atoms with van der Waals surface area (Å²) < 4.78 is 0. The zero-order valence-corrected chi connectivity index (χ0v) is 16.0.